The van der Waals surface area contributed by atoms with E-state index in [0.717, 1.165) is 69.7 Å². The fourth-order valence-corrected chi connectivity index (χ4v) is 3.69. The Morgan fingerprint density at radius 3 is 2.69 bits per heavy atom. The summed E-state index contributed by atoms with van der Waals surface area (Å²) in [6.45, 7) is 11.6. The fourth-order valence-electron chi connectivity index (χ4n) is 3.69. The Morgan fingerprint density at radius 1 is 1.22 bits per heavy atom. The largest absolute Gasteiger partial charge is 0.378 e. The van der Waals surface area contributed by atoms with Crippen molar-refractivity contribution in [2.45, 2.75) is 45.4 Å². The lowest BCUT2D eigenvalue weighted by atomic mass is 10.1. The smallest absolute Gasteiger partial charge is 0.191 e. The average molecular weight is 440 g/mol. The first kappa shape index (κ1) is 23.9. The molecule has 174 valence electrons. The van der Waals surface area contributed by atoms with Gasteiger partial charge in [-0.05, 0) is 31.7 Å². The Morgan fingerprint density at radius 2 is 2.00 bits per heavy atom. The Labute approximate surface area is 191 Å². The molecular formula is C24H37N7O. The number of aliphatic imine (C=N–C) groups is 1. The van der Waals surface area contributed by atoms with Crippen molar-refractivity contribution in [1.29, 1.82) is 0 Å². The third-order valence-electron chi connectivity index (χ3n) is 5.73. The molecule has 32 heavy (non-hydrogen) atoms. The summed E-state index contributed by atoms with van der Waals surface area (Å²) in [7, 11) is 1.95. The predicted octanol–water partition coefficient (Wildman–Crippen LogP) is 2.42. The predicted molar refractivity (Wildman–Crippen MR) is 128 cm³/mol. The summed E-state index contributed by atoms with van der Waals surface area (Å²) in [4.78, 5) is 7.13. The van der Waals surface area contributed by atoms with Crippen LogP contribution in [0.25, 0.3) is 0 Å². The van der Waals surface area contributed by atoms with Gasteiger partial charge in [-0.15, -0.1) is 16.8 Å². The van der Waals surface area contributed by atoms with Crippen LogP contribution >= 0.6 is 0 Å². The standard InChI is InChI=1S/C24H37N7O/c1-4-13-25-24(27-18-23-29-28-20(2)30(23)3)26-14-8-17-32-22-11-15-31(16-12-22)19-21-9-6-5-7-10-21/h4-7,9-10,22H,1,8,11-19H2,2-3H3,(H2,25,26,27). The van der Waals surface area contributed by atoms with Crippen molar-refractivity contribution in [2.24, 2.45) is 12.0 Å². The summed E-state index contributed by atoms with van der Waals surface area (Å²) < 4.78 is 8.08. The average Bonchev–Trinajstić information content (AvgIpc) is 3.14. The maximum absolute atomic E-state index is 6.13. The Balaban J connectivity index is 1.32. The zero-order chi connectivity index (χ0) is 22.6. The van der Waals surface area contributed by atoms with Gasteiger partial charge in [0.25, 0.3) is 0 Å². The Kier molecular flexibility index (Phi) is 9.71. The maximum Gasteiger partial charge on any atom is 0.191 e. The molecule has 0 amide bonds. The summed E-state index contributed by atoms with van der Waals surface area (Å²) in [6, 6.07) is 10.7. The van der Waals surface area contributed by atoms with Crippen LogP contribution < -0.4 is 10.6 Å². The van der Waals surface area contributed by atoms with Gasteiger partial charge in [-0.1, -0.05) is 36.4 Å². The summed E-state index contributed by atoms with van der Waals surface area (Å²) in [6.07, 6.45) is 5.32. The summed E-state index contributed by atoms with van der Waals surface area (Å²) in [5.74, 6) is 2.47. The lowest BCUT2D eigenvalue weighted by Gasteiger charge is -2.32. The molecule has 2 heterocycles. The second-order valence-corrected chi connectivity index (χ2v) is 8.17. The third-order valence-corrected chi connectivity index (χ3v) is 5.73. The molecule has 8 nitrogen and oxygen atoms in total. The number of likely N-dealkylation sites (tertiary alicyclic amines) is 1. The van der Waals surface area contributed by atoms with Crippen molar-refractivity contribution in [3.63, 3.8) is 0 Å². The molecule has 0 bridgehead atoms. The van der Waals surface area contributed by atoms with Crippen molar-refractivity contribution in [3.05, 3.63) is 60.2 Å². The summed E-state index contributed by atoms with van der Waals surface area (Å²) in [5.41, 5.74) is 1.38. The Hall–Kier alpha value is -2.71. The lowest BCUT2D eigenvalue weighted by molar-refractivity contribution is 0.00534. The molecule has 1 aromatic carbocycles. The van der Waals surface area contributed by atoms with Gasteiger partial charge in [-0.2, -0.15) is 0 Å². The number of piperidine rings is 1. The van der Waals surface area contributed by atoms with Crippen LogP contribution in [-0.4, -0.2) is 64.5 Å². The van der Waals surface area contributed by atoms with Gasteiger partial charge in [0.1, 0.15) is 12.4 Å². The van der Waals surface area contributed by atoms with E-state index < -0.39 is 0 Å². The number of nitrogens with one attached hydrogen (secondary N) is 2. The highest BCUT2D eigenvalue weighted by Gasteiger charge is 2.19. The van der Waals surface area contributed by atoms with Crippen LogP contribution in [0.4, 0.5) is 0 Å². The first-order chi connectivity index (χ1) is 15.7. The van der Waals surface area contributed by atoms with Gasteiger partial charge in [0, 0.05) is 46.4 Å². The normalized spacial score (nSPS) is 15.6. The lowest BCUT2D eigenvalue weighted by Crippen LogP contribution is -2.39. The quantitative estimate of drug-likeness (QED) is 0.242. The number of nitrogens with zero attached hydrogens (tertiary/aromatic N) is 5. The molecule has 1 saturated heterocycles. The van der Waals surface area contributed by atoms with Gasteiger partial charge in [0.15, 0.2) is 11.8 Å². The Bertz CT molecular complexity index is 841. The van der Waals surface area contributed by atoms with Crippen molar-refractivity contribution in [2.75, 3.05) is 32.8 Å². The second kappa shape index (κ2) is 13.0. The van der Waals surface area contributed by atoms with Gasteiger partial charge in [0.05, 0.1) is 6.10 Å². The number of aromatic nitrogens is 3. The van der Waals surface area contributed by atoms with E-state index in [-0.39, 0.29) is 0 Å². The topological polar surface area (TPSA) is 79.6 Å². The monoisotopic (exact) mass is 439 g/mol. The molecule has 2 aromatic rings. The minimum atomic E-state index is 0.369. The van der Waals surface area contributed by atoms with Crippen molar-refractivity contribution >= 4 is 5.96 Å². The maximum atomic E-state index is 6.13. The van der Waals surface area contributed by atoms with E-state index in [2.05, 4.69) is 67.6 Å². The molecule has 3 rings (SSSR count). The van der Waals surface area contributed by atoms with Gasteiger partial charge >= 0.3 is 0 Å². The van der Waals surface area contributed by atoms with Crippen LogP contribution in [0.1, 0.15) is 36.5 Å². The first-order valence-corrected chi connectivity index (χ1v) is 11.5. The number of hydrogen-bond donors (Lipinski definition) is 2. The van der Waals surface area contributed by atoms with E-state index in [9.17, 15) is 0 Å². The first-order valence-electron chi connectivity index (χ1n) is 11.5. The van der Waals surface area contributed by atoms with Crippen molar-refractivity contribution < 1.29 is 4.74 Å². The molecule has 1 aliphatic rings. The summed E-state index contributed by atoms with van der Waals surface area (Å²) >= 11 is 0. The number of rotatable bonds is 11. The van der Waals surface area contributed by atoms with Gasteiger partial charge in [-0.3, -0.25) is 4.90 Å². The van der Waals surface area contributed by atoms with Crippen LogP contribution in [0.2, 0.25) is 0 Å². The molecule has 0 atom stereocenters. The molecule has 1 aliphatic heterocycles. The molecular weight excluding hydrogens is 402 g/mol. The van der Waals surface area contributed by atoms with E-state index in [1.165, 1.54) is 5.56 Å². The van der Waals surface area contributed by atoms with E-state index in [1.54, 1.807) is 0 Å². The molecule has 8 heteroatoms. The molecule has 2 N–H and O–H groups in total. The van der Waals surface area contributed by atoms with Crippen LogP contribution in [0.5, 0.6) is 0 Å². The molecule has 1 fully saturated rings. The molecule has 1 aromatic heterocycles. The molecule has 0 unspecified atom stereocenters. The molecule has 0 radical (unpaired) electrons. The van der Waals surface area contributed by atoms with E-state index >= 15 is 0 Å². The van der Waals surface area contributed by atoms with Crippen LogP contribution in [0, 0.1) is 6.92 Å². The van der Waals surface area contributed by atoms with Gasteiger partial charge in [0.2, 0.25) is 0 Å². The minimum Gasteiger partial charge on any atom is -0.378 e. The highest BCUT2D eigenvalue weighted by Crippen LogP contribution is 2.16. The highest BCUT2D eigenvalue weighted by atomic mass is 16.5. The third kappa shape index (κ3) is 7.76. The van der Waals surface area contributed by atoms with E-state index in [4.69, 9.17) is 4.74 Å². The molecule has 0 spiro atoms. The zero-order valence-corrected chi connectivity index (χ0v) is 19.5. The second-order valence-electron chi connectivity index (χ2n) is 8.17. The van der Waals surface area contributed by atoms with E-state index in [1.807, 2.05) is 24.6 Å². The fraction of sp³-hybridized carbons (Fsp3) is 0.542. The van der Waals surface area contributed by atoms with Crippen molar-refractivity contribution in [1.82, 2.24) is 30.3 Å². The molecule has 0 saturated carbocycles. The molecule has 0 aliphatic carbocycles. The van der Waals surface area contributed by atoms with Crippen LogP contribution in [0.15, 0.2) is 48.0 Å². The minimum absolute atomic E-state index is 0.369. The number of guanidine groups is 1. The number of benzene rings is 1. The summed E-state index contributed by atoms with van der Waals surface area (Å²) in [5, 5.41) is 14.9. The number of aryl methyl sites for hydroxylation is 1. The zero-order valence-electron chi connectivity index (χ0n) is 19.5. The van der Waals surface area contributed by atoms with Crippen molar-refractivity contribution in [3.8, 4) is 0 Å². The SMILES string of the molecule is C=CCNC(=NCc1nnc(C)n1C)NCCCOC1CCN(Cc2ccccc2)CC1. The number of ether oxygens (including phenoxy) is 1. The van der Waals surface area contributed by atoms with Crippen LogP contribution in [-0.2, 0) is 24.9 Å². The number of hydrogen-bond acceptors (Lipinski definition) is 5. The van der Waals surface area contributed by atoms with E-state index in [0.29, 0.717) is 19.2 Å². The van der Waals surface area contributed by atoms with Crippen LogP contribution in [0.3, 0.4) is 0 Å². The highest BCUT2D eigenvalue weighted by molar-refractivity contribution is 5.79. The van der Waals surface area contributed by atoms with Gasteiger partial charge < -0.3 is 19.9 Å². The van der Waals surface area contributed by atoms with Gasteiger partial charge in [-0.25, -0.2) is 4.99 Å².